The van der Waals surface area contributed by atoms with Gasteiger partial charge in [0.1, 0.15) is 5.00 Å². The lowest BCUT2D eigenvalue weighted by Gasteiger charge is -2.16. The van der Waals surface area contributed by atoms with Crippen molar-refractivity contribution in [3.8, 4) is 10.8 Å². The predicted octanol–water partition coefficient (Wildman–Crippen LogP) is 3.81. The summed E-state index contributed by atoms with van der Waals surface area (Å²) in [6, 6.07) is 3.73. The molecule has 0 saturated carbocycles. The normalized spacial score (nSPS) is 16.0. The van der Waals surface area contributed by atoms with Crippen LogP contribution in [0.3, 0.4) is 0 Å². The molecule has 2 amide bonds. The number of thiophene rings is 2. The molecule has 28 heavy (non-hydrogen) atoms. The van der Waals surface area contributed by atoms with Gasteiger partial charge >= 0.3 is 0 Å². The summed E-state index contributed by atoms with van der Waals surface area (Å²) in [5.41, 5.74) is 6.97. The van der Waals surface area contributed by atoms with E-state index in [0.717, 1.165) is 29.5 Å². The molecule has 0 saturated heterocycles. The van der Waals surface area contributed by atoms with E-state index in [-0.39, 0.29) is 11.7 Å². The van der Waals surface area contributed by atoms with Gasteiger partial charge in [-0.3, -0.25) is 9.59 Å². The minimum atomic E-state index is -0.571. The summed E-state index contributed by atoms with van der Waals surface area (Å²) < 4.78 is 5.72. The van der Waals surface area contributed by atoms with Crippen LogP contribution in [0.15, 0.2) is 27.2 Å². The zero-order valence-corrected chi connectivity index (χ0v) is 17.5. The third-order valence-electron chi connectivity index (χ3n) is 4.46. The first-order valence-electron chi connectivity index (χ1n) is 8.75. The fraction of sp³-hybridized carbons (Fsp3) is 0.333. The lowest BCUT2D eigenvalue weighted by Crippen LogP contribution is -2.17. The number of amides is 2. The first-order valence-corrected chi connectivity index (χ1v) is 11.4. The molecule has 0 radical (unpaired) electrons. The van der Waals surface area contributed by atoms with Crippen LogP contribution in [0, 0.1) is 5.92 Å². The number of nitrogens with zero attached hydrogens (tertiary/aromatic N) is 2. The third-order valence-corrected chi connectivity index (χ3v) is 7.33. The highest BCUT2D eigenvalue weighted by Gasteiger charge is 2.21. The van der Waals surface area contributed by atoms with Crippen LogP contribution in [0.1, 0.15) is 34.1 Å². The number of aryl methyl sites for hydroxylation is 1. The van der Waals surface area contributed by atoms with Gasteiger partial charge in [0.15, 0.2) is 0 Å². The number of carbonyl (C=O) groups excluding carboxylic acids is 2. The number of primary amides is 1. The zero-order valence-electron chi connectivity index (χ0n) is 15.1. The predicted molar refractivity (Wildman–Crippen MR) is 111 cm³/mol. The maximum atomic E-state index is 12.1. The Balaban J connectivity index is 1.37. The molecule has 0 spiro atoms. The Bertz CT molecular complexity index is 1020. The van der Waals surface area contributed by atoms with E-state index < -0.39 is 5.91 Å². The maximum Gasteiger partial charge on any atom is 0.277 e. The average Bonchev–Trinajstić information content (AvgIpc) is 3.38. The summed E-state index contributed by atoms with van der Waals surface area (Å²) in [7, 11) is 0. The fourth-order valence-corrected chi connectivity index (χ4v) is 5.57. The highest BCUT2D eigenvalue weighted by Crippen LogP contribution is 2.37. The van der Waals surface area contributed by atoms with E-state index in [4.69, 9.17) is 10.2 Å². The van der Waals surface area contributed by atoms with Crippen molar-refractivity contribution < 1.29 is 14.0 Å². The number of fused-ring (bicyclic) bond motifs is 1. The molecule has 7 nitrogen and oxygen atoms in total. The van der Waals surface area contributed by atoms with Gasteiger partial charge in [0.25, 0.3) is 17.0 Å². The molecular weight excluding hydrogens is 416 g/mol. The number of hydrogen-bond acceptors (Lipinski definition) is 8. The Hall–Kier alpha value is -2.17. The largest absolute Gasteiger partial charge is 0.410 e. The standard InChI is InChI=1S/C18H18N4O3S3/c1-9-2-3-12-10(6-9)7-13(28-12)16-21-22-18(25-16)27-8-14(23)20-17-11(15(19)24)4-5-26-17/h4-5,7,9H,2-3,6,8H2,1H3,(H2,19,24)(H,20,23)/t9-/m1/s1. The highest BCUT2D eigenvalue weighted by atomic mass is 32.2. The molecular formula is C18H18N4O3S3. The van der Waals surface area contributed by atoms with Gasteiger partial charge < -0.3 is 15.5 Å². The molecule has 0 fully saturated rings. The van der Waals surface area contributed by atoms with Crippen molar-refractivity contribution in [2.45, 2.75) is 31.4 Å². The molecule has 0 aromatic carbocycles. The fourth-order valence-electron chi connectivity index (χ4n) is 3.07. The molecule has 0 aliphatic heterocycles. The van der Waals surface area contributed by atoms with Crippen molar-refractivity contribution in [1.82, 2.24) is 10.2 Å². The van der Waals surface area contributed by atoms with Crippen molar-refractivity contribution in [3.63, 3.8) is 0 Å². The molecule has 146 valence electrons. The number of carbonyl (C=O) groups is 2. The number of anilines is 1. The van der Waals surface area contributed by atoms with Gasteiger partial charge in [-0.15, -0.1) is 32.9 Å². The van der Waals surface area contributed by atoms with E-state index in [1.807, 2.05) is 0 Å². The molecule has 3 heterocycles. The van der Waals surface area contributed by atoms with Crippen molar-refractivity contribution in [2.75, 3.05) is 11.1 Å². The highest BCUT2D eigenvalue weighted by molar-refractivity contribution is 7.99. The summed E-state index contributed by atoms with van der Waals surface area (Å²) in [4.78, 5) is 25.8. The Morgan fingerprint density at radius 3 is 3.11 bits per heavy atom. The summed E-state index contributed by atoms with van der Waals surface area (Å²) in [5.74, 6) is 0.454. The van der Waals surface area contributed by atoms with Crippen LogP contribution < -0.4 is 11.1 Å². The van der Waals surface area contributed by atoms with Crippen molar-refractivity contribution in [1.29, 1.82) is 0 Å². The van der Waals surface area contributed by atoms with Gasteiger partial charge in [-0.2, -0.15) is 0 Å². The molecule has 3 aromatic heterocycles. The molecule has 1 atom stereocenters. The number of aromatic nitrogens is 2. The van der Waals surface area contributed by atoms with E-state index in [1.54, 1.807) is 22.8 Å². The minimum absolute atomic E-state index is 0.0934. The van der Waals surface area contributed by atoms with Gasteiger partial charge in [0.05, 0.1) is 16.2 Å². The van der Waals surface area contributed by atoms with E-state index in [2.05, 4.69) is 28.5 Å². The van der Waals surface area contributed by atoms with E-state index >= 15 is 0 Å². The van der Waals surface area contributed by atoms with Crippen LogP contribution in [0.5, 0.6) is 0 Å². The number of hydrogen-bond donors (Lipinski definition) is 2. The minimum Gasteiger partial charge on any atom is -0.410 e. The molecule has 1 aliphatic carbocycles. The van der Waals surface area contributed by atoms with E-state index in [0.29, 0.717) is 27.6 Å². The lowest BCUT2D eigenvalue weighted by atomic mass is 9.90. The van der Waals surface area contributed by atoms with Crippen LogP contribution in [-0.2, 0) is 17.6 Å². The Morgan fingerprint density at radius 2 is 2.29 bits per heavy atom. The number of rotatable bonds is 6. The topological polar surface area (TPSA) is 111 Å². The third kappa shape index (κ3) is 4.13. The first kappa shape index (κ1) is 19.2. The second-order valence-electron chi connectivity index (χ2n) is 6.64. The van der Waals surface area contributed by atoms with Crippen molar-refractivity contribution >= 4 is 51.3 Å². The van der Waals surface area contributed by atoms with Gasteiger partial charge in [0, 0.05) is 4.88 Å². The zero-order chi connectivity index (χ0) is 19.7. The van der Waals surface area contributed by atoms with Crippen molar-refractivity contribution in [3.05, 3.63) is 33.5 Å². The molecule has 0 bridgehead atoms. The lowest BCUT2D eigenvalue weighted by molar-refractivity contribution is -0.113. The van der Waals surface area contributed by atoms with E-state index in [1.165, 1.54) is 28.2 Å². The smallest absolute Gasteiger partial charge is 0.277 e. The summed E-state index contributed by atoms with van der Waals surface area (Å²) in [6.07, 6.45) is 3.42. The Labute approximate surface area is 173 Å². The Morgan fingerprint density at radius 1 is 1.43 bits per heavy atom. The van der Waals surface area contributed by atoms with Gasteiger partial charge in [-0.1, -0.05) is 18.7 Å². The quantitative estimate of drug-likeness (QED) is 0.571. The summed E-state index contributed by atoms with van der Waals surface area (Å²) in [5, 5.41) is 13.3. The SMILES string of the molecule is C[C@@H]1CCc2sc(-c3nnc(SCC(=O)Nc4sccc4C(N)=O)o3)cc2C1. The molecule has 4 rings (SSSR count). The number of thioether (sulfide) groups is 1. The van der Waals surface area contributed by atoms with Gasteiger partial charge in [0.2, 0.25) is 5.91 Å². The molecule has 3 aromatic rings. The van der Waals surface area contributed by atoms with Gasteiger partial charge in [-0.25, -0.2) is 0 Å². The number of nitrogens with two attached hydrogens (primary N) is 1. The average molecular weight is 435 g/mol. The molecule has 0 unspecified atom stereocenters. The molecule has 1 aliphatic rings. The second kappa shape index (κ2) is 8.06. The molecule has 10 heteroatoms. The van der Waals surface area contributed by atoms with Gasteiger partial charge in [-0.05, 0) is 48.3 Å². The van der Waals surface area contributed by atoms with E-state index in [9.17, 15) is 9.59 Å². The monoisotopic (exact) mass is 434 g/mol. The van der Waals surface area contributed by atoms with Crippen LogP contribution in [0.25, 0.3) is 10.8 Å². The van der Waals surface area contributed by atoms with Crippen molar-refractivity contribution in [2.24, 2.45) is 11.7 Å². The first-order chi connectivity index (χ1) is 13.5. The maximum absolute atomic E-state index is 12.1. The summed E-state index contributed by atoms with van der Waals surface area (Å²) in [6.45, 7) is 2.27. The van der Waals surface area contributed by atoms with Crippen LogP contribution in [-0.4, -0.2) is 27.8 Å². The number of nitrogens with one attached hydrogen (secondary N) is 1. The summed E-state index contributed by atoms with van der Waals surface area (Å²) >= 11 is 4.11. The second-order valence-corrected chi connectivity index (χ2v) is 9.62. The van der Waals surface area contributed by atoms with Crippen LogP contribution in [0.2, 0.25) is 0 Å². The molecule has 3 N–H and O–H groups in total. The van der Waals surface area contributed by atoms with Crippen LogP contribution in [0.4, 0.5) is 5.00 Å². The Kier molecular flexibility index (Phi) is 5.51. The van der Waals surface area contributed by atoms with Crippen LogP contribution >= 0.6 is 34.4 Å².